The van der Waals surface area contributed by atoms with Crippen molar-refractivity contribution >= 4 is 29.0 Å². The molecule has 0 aliphatic heterocycles. The third-order valence-corrected chi connectivity index (χ3v) is 3.35. The van der Waals surface area contributed by atoms with Gasteiger partial charge in [0.2, 0.25) is 5.91 Å². The van der Waals surface area contributed by atoms with Crippen molar-refractivity contribution in [2.45, 2.75) is 13.3 Å². The second-order valence-corrected chi connectivity index (χ2v) is 5.26. The van der Waals surface area contributed by atoms with Gasteiger partial charge in [-0.1, -0.05) is 11.6 Å². The van der Waals surface area contributed by atoms with E-state index in [0.29, 0.717) is 17.0 Å². The van der Waals surface area contributed by atoms with E-state index >= 15 is 0 Å². The topological polar surface area (TPSA) is 55.4 Å². The minimum atomic E-state index is -0.540. The molecule has 6 heteroatoms. The number of benzene rings is 2. The van der Waals surface area contributed by atoms with Crippen molar-refractivity contribution in [2.75, 3.05) is 11.9 Å². The van der Waals surface area contributed by atoms with Crippen molar-refractivity contribution in [2.24, 2.45) is 0 Å². The maximum absolute atomic E-state index is 13.0. The summed E-state index contributed by atoms with van der Waals surface area (Å²) in [6.07, 6.45) is 0.128. The third kappa shape index (κ3) is 5.07. The number of carbonyl (C=O) groups is 2. The van der Waals surface area contributed by atoms with Crippen molar-refractivity contribution in [3.63, 3.8) is 0 Å². The van der Waals surface area contributed by atoms with Gasteiger partial charge in [0.15, 0.2) is 5.78 Å². The van der Waals surface area contributed by atoms with Crippen molar-refractivity contribution < 1.29 is 18.7 Å². The Morgan fingerprint density at radius 2 is 1.87 bits per heavy atom. The van der Waals surface area contributed by atoms with Crippen molar-refractivity contribution in [3.05, 3.63) is 58.9 Å². The largest absolute Gasteiger partial charge is 0.493 e. The lowest BCUT2D eigenvalue weighted by atomic mass is 10.1. The highest BCUT2D eigenvalue weighted by atomic mass is 35.5. The van der Waals surface area contributed by atoms with Gasteiger partial charge < -0.3 is 10.1 Å². The molecule has 0 fully saturated rings. The molecule has 0 unspecified atom stereocenters. The van der Waals surface area contributed by atoms with Gasteiger partial charge in [0, 0.05) is 11.3 Å². The van der Waals surface area contributed by atoms with E-state index in [-0.39, 0.29) is 29.7 Å². The molecule has 1 amide bonds. The van der Waals surface area contributed by atoms with Gasteiger partial charge in [0.25, 0.3) is 0 Å². The molecule has 0 heterocycles. The Kier molecular flexibility index (Phi) is 5.71. The van der Waals surface area contributed by atoms with E-state index in [4.69, 9.17) is 16.3 Å². The molecule has 0 aliphatic rings. The molecular weight excluding hydrogens is 321 g/mol. The quantitative estimate of drug-likeness (QED) is 0.809. The van der Waals surface area contributed by atoms with Crippen LogP contribution in [0.5, 0.6) is 5.75 Å². The molecule has 0 atom stereocenters. The third-order valence-electron chi connectivity index (χ3n) is 3.06. The van der Waals surface area contributed by atoms with Gasteiger partial charge >= 0.3 is 0 Å². The van der Waals surface area contributed by atoms with Gasteiger partial charge in [-0.2, -0.15) is 0 Å². The molecule has 2 aromatic carbocycles. The van der Waals surface area contributed by atoms with Gasteiger partial charge in [-0.05, 0) is 49.4 Å². The van der Waals surface area contributed by atoms with Gasteiger partial charge in [0.05, 0.1) is 18.1 Å². The number of halogens is 2. The van der Waals surface area contributed by atoms with Gasteiger partial charge in [0.1, 0.15) is 11.6 Å². The molecule has 0 aliphatic carbocycles. The Bertz CT molecular complexity index is 716. The summed E-state index contributed by atoms with van der Waals surface area (Å²) in [4.78, 5) is 22.9. The highest BCUT2D eigenvalue weighted by molar-refractivity contribution is 6.31. The minimum absolute atomic E-state index is 0.0195. The summed E-state index contributed by atoms with van der Waals surface area (Å²) in [6.45, 7) is 1.67. The normalized spacial score (nSPS) is 10.2. The molecule has 1 N–H and O–H groups in total. The molecule has 4 nitrogen and oxygen atoms in total. The van der Waals surface area contributed by atoms with Crippen LogP contribution in [0, 0.1) is 5.82 Å². The average molecular weight is 336 g/mol. The number of rotatable bonds is 6. The smallest absolute Gasteiger partial charge is 0.227 e. The molecular formula is C17H15ClFNO3. The first-order chi connectivity index (χ1) is 11.0. The van der Waals surface area contributed by atoms with Crippen LogP contribution in [-0.2, 0) is 4.79 Å². The Morgan fingerprint density at radius 3 is 2.48 bits per heavy atom. The van der Waals surface area contributed by atoms with E-state index in [0.717, 1.165) is 0 Å². The van der Waals surface area contributed by atoms with Crippen molar-refractivity contribution in [3.8, 4) is 5.75 Å². The number of hydrogen-bond acceptors (Lipinski definition) is 3. The van der Waals surface area contributed by atoms with Crippen LogP contribution in [-0.4, -0.2) is 18.3 Å². The summed E-state index contributed by atoms with van der Waals surface area (Å²) < 4.78 is 18.5. The zero-order chi connectivity index (χ0) is 16.8. The maximum Gasteiger partial charge on any atom is 0.227 e. The standard InChI is InChI=1S/C17H15ClFNO3/c1-11(21)12-2-5-14(6-3-12)23-9-8-17(22)20-13-4-7-16(19)15(18)10-13/h2-7,10H,8-9H2,1H3,(H,20,22). The first kappa shape index (κ1) is 17.0. The van der Waals surface area contributed by atoms with Crippen LogP contribution >= 0.6 is 11.6 Å². The number of nitrogens with one attached hydrogen (secondary N) is 1. The van der Waals surface area contributed by atoms with E-state index in [9.17, 15) is 14.0 Å². The minimum Gasteiger partial charge on any atom is -0.493 e. The number of ether oxygens (including phenoxy) is 1. The first-order valence-corrected chi connectivity index (χ1v) is 7.32. The number of ketones is 1. The number of carbonyl (C=O) groups excluding carboxylic acids is 2. The van der Waals surface area contributed by atoms with Gasteiger partial charge in [-0.15, -0.1) is 0 Å². The zero-order valence-electron chi connectivity index (χ0n) is 12.4. The monoisotopic (exact) mass is 335 g/mol. The summed E-state index contributed by atoms with van der Waals surface area (Å²) in [5.74, 6) is -0.253. The summed E-state index contributed by atoms with van der Waals surface area (Å²) >= 11 is 5.64. The molecule has 120 valence electrons. The predicted octanol–water partition coefficient (Wildman–Crippen LogP) is 4.09. The fraction of sp³-hybridized carbons (Fsp3) is 0.176. The second kappa shape index (κ2) is 7.74. The molecule has 0 saturated heterocycles. The predicted molar refractivity (Wildman–Crippen MR) is 86.6 cm³/mol. The van der Waals surface area contributed by atoms with E-state index in [1.54, 1.807) is 24.3 Å². The Balaban J connectivity index is 1.80. The number of Topliss-reactive ketones (excluding diaryl/α,β-unsaturated/α-hetero) is 1. The maximum atomic E-state index is 13.0. The lowest BCUT2D eigenvalue weighted by molar-refractivity contribution is -0.116. The highest BCUT2D eigenvalue weighted by Crippen LogP contribution is 2.19. The number of anilines is 1. The van der Waals surface area contributed by atoms with E-state index in [1.807, 2.05) is 0 Å². The van der Waals surface area contributed by atoms with Crippen LogP contribution in [0.1, 0.15) is 23.7 Å². The first-order valence-electron chi connectivity index (χ1n) is 6.94. The fourth-order valence-corrected chi connectivity index (χ4v) is 2.03. The number of hydrogen-bond donors (Lipinski definition) is 1. The molecule has 0 spiro atoms. The van der Waals surface area contributed by atoms with Crippen molar-refractivity contribution in [1.82, 2.24) is 0 Å². The Labute approximate surface area is 138 Å². The Morgan fingerprint density at radius 1 is 1.17 bits per heavy atom. The highest BCUT2D eigenvalue weighted by Gasteiger charge is 2.06. The average Bonchev–Trinajstić information content (AvgIpc) is 2.51. The van der Waals surface area contributed by atoms with Gasteiger partial charge in [-0.25, -0.2) is 4.39 Å². The Hall–Kier alpha value is -2.40. The molecule has 23 heavy (non-hydrogen) atoms. The SMILES string of the molecule is CC(=O)c1ccc(OCCC(=O)Nc2ccc(F)c(Cl)c2)cc1. The van der Waals surface area contributed by atoms with Crippen LogP contribution in [0.4, 0.5) is 10.1 Å². The van der Waals surface area contributed by atoms with Crippen LogP contribution in [0.15, 0.2) is 42.5 Å². The van der Waals surface area contributed by atoms with Crippen LogP contribution in [0.2, 0.25) is 5.02 Å². The second-order valence-electron chi connectivity index (χ2n) is 4.86. The molecule has 0 bridgehead atoms. The van der Waals surface area contributed by atoms with Gasteiger partial charge in [-0.3, -0.25) is 9.59 Å². The molecule has 2 rings (SSSR count). The van der Waals surface area contributed by atoms with E-state index in [2.05, 4.69) is 5.32 Å². The van der Waals surface area contributed by atoms with Crippen molar-refractivity contribution in [1.29, 1.82) is 0 Å². The van der Waals surface area contributed by atoms with Crippen LogP contribution in [0.3, 0.4) is 0 Å². The molecule has 0 radical (unpaired) electrons. The summed E-state index contributed by atoms with van der Waals surface area (Å²) in [6, 6.07) is 10.6. The summed E-state index contributed by atoms with van der Waals surface area (Å²) in [5.41, 5.74) is 1.02. The molecule has 0 saturated carbocycles. The summed E-state index contributed by atoms with van der Waals surface area (Å²) in [7, 11) is 0. The fourth-order valence-electron chi connectivity index (χ4n) is 1.84. The lowest BCUT2D eigenvalue weighted by Crippen LogP contribution is -2.15. The summed E-state index contributed by atoms with van der Waals surface area (Å²) in [5, 5.41) is 2.55. The van der Waals surface area contributed by atoms with E-state index in [1.165, 1.54) is 25.1 Å². The van der Waals surface area contributed by atoms with Crippen LogP contribution < -0.4 is 10.1 Å². The lowest BCUT2D eigenvalue weighted by Gasteiger charge is -2.08. The molecule has 2 aromatic rings. The zero-order valence-corrected chi connectivity index (χ0v) is 13.2. The van der Waals surface area contributed by atoms with E-state index < -0.39 is 5.82 Å². The number of amides is 1. The molecule has 0 aromatic heterocycles. The van der Waals surface area contributed by atoms with Crippen LogP contribution in [0.25, 0.3) is 0 Å².